The van der Waals surface area contributed by atoms with Crippen LogP contribution in [0.3, 0.4) is 0 Å². The number of allylic oxidation sites excluding steroid dienone is 1. The number of hydrogen-bond acceptors (Lipinski definition) is 2. The maximum atomic E-state index is 13.7. The Balaban J connectivity index is 1.14. The van der Waals surface area contributed by atoms with Gasteiger partial charge in [-0.3, -0.25) is 4.79 Å². The zero-order chi connectivity index (χ0) is 26.4. The van der Waals surface area contributed by atoms with E-state index in [1.807, 2.05) is 24.3 Å². The highest BCUT2D eigenvalue weighted by atomic mass is 19.1. The van der Waals surface area contributed by atoms with Gasteiger partial charge in [-0.05, 0) is 92.0 Å². The van der Waals surface area contributed by atoms with Gasteiger partial charge < -0.3 is 14.5 Å². The van der Waals surface area contributed by atoms with Gasteiger partial charge in [0.25, 0.3) is 0 Å². The molecule has 2 N–H and O–H groups in total. The Morgan fingerprint density at radius 2 is 1.61 bits per heavy atom. The van der Waals surface area contributed by atoms with Gasteiger partial charge in [0.05, 0.1) is 6.54 Å². The number of rotatable bonds is 5. The molecule has 4 aliphatic rings. The number of esters is 1. The van der Waals surface area contributed by atoms with Crippen LogP contribution in [-0.4, -0.2) is 44.8 Å². The molecule has 2 saturated carbocycles. The lowest BCUT2D eigenvalue weighted by Crippen LogP contribution is -3.28. The highest BCUT2D eigenvalue weighted by molar-refractivity contribution is 5.75. The van der Waals surface area contributed by atoms with Crippen LogP contribution in [0, 0.1) is 34.8 Å². The summed E-state index contributed by atoms with van der Waals surface area (Å²) >= 11 is 0. The maximum absolute atomic E-state index is 13.7. The van der Waals surface area contributed by atoms with Crippen molar-refractivity contribution in [1.29, 1.82) is 0 Å². The predicted octanol–water partition coefficient (Wildman–Crippen LogP) is 3.15. The number of hydrogen-bond donors (Lipinski definition) is 2. The number of halogens is 2. The van der Waals surface area contributed by atoms with Crippen molar-refractivity contribution in [1.82, 2.24) is 0 Å². The number of carbonyl (C=O) groups is 1. The minimum atomic E-state index is -0.252. The van der Waals surface area contributed by atoms with E-state index < -0.39 is 0 Å². The Bertz CT molecular complexity index is 1130. The second-order valence-electron chi connectivity index (χ2n) is 12.6. The van der Waals surface area contributed by atoms with E-state index in [2.05, 4.69) is 13.5 Å². The monoisotopic (exact) mass is 522 g/mol. The number of fused-ring (bicyclic) bond motifs is 2. The molecule has 2 heterocycles. The molecular weight excluding hydrogens is 482 g/mol. The number of carbonyl (C=O) groups excluding carboxylic acids is 1. The molecule has 4 nitrogen and oxygen atoms in total. The van der Waals surface area contributed by atoms with Crippen molar-refractivity contribution in [2.75, 3.05) is 32.7 Å². The second kappa shape index (κ2) is 10.2. The SMILES string of the molecule is C=C1CCC[C@@]2(C)CC3OC(=O)C(C[NH+]4CC[NH+](C(c5ccc(F)cc5)c5ccc(F)cc5)CC4)C3CC12. The van der Waals surface area contributed by atoms with E-state index in [-0.39, 0.29) is 41.1 Å². The zero-order valence-electron chi connectivity index (χ0n) is 22.4. The first-order valence-corrected chi connectivity index (χ1v) is 14.4. The summed E-state index contributed by atoms with van der Waals surface area (Å²) in [5.74, 6) is 0.291. The summed E-state index contributed by atoms with van der Waals surface area (Å²) in [6, 6.07) is 13.4. The third kappa shape index (κ3) is 4.82. The van der Waals surface area contributed by atoms with Crippen LogP contribution in [0.15, 0.2) is 60.7 Å². The molecule has 202 valence electrons. The Morgan fingerprint density at radius 3 is 2.21 bits per heavy atom. The van der Waals surface area contributed by atoms with Gasteiger partial charge in [-0.1, -0.05) is 19.1 Å². The lowest BCUT2D eigenvalue weighted by atomic mass is 9.55. The average Bonchev–Trinajstić information content (AvgIpc) is 3.19. The highest BCUT2D eigenvalue weighted by Gasteiger charge is 2.56. The zero-order valence-corrected chi connectivity index (χ0v) is 22.4. The third-order valence-corrected chi connectivity index (χ3v) is 10.2. The first-order chi connectivity index (χ1) is 18.3. The van der Waals surface area contributed by atoms with Gasteiger partial charge in [0.15, 0.2) is 0 Å². The van der Waals surface area contributed by atoms with Crippen molar-refractivity contribution in [3.05, 3.63) is 83.4 Å². The summed E-state index contributed by atoms with van der Waals surface area (Å²) in [6.45, 7) is 11.4. The summed E-state index contributed by atoms with van der Waals surface area (Å²) in [4.78, 5) is 15.9. The summed E-state index contributed by atoms with van der Waals surface area (Å²) in [5, 5.41) is 0. The van der Waals surface area contributed by atoms with E-state index in [9.17, 15) is 13.6 Å². The van der Waals surface area contributed by atoms with Gasteiger partial charge >= 0.3 is 5.97 Å². The van der Waals surface area contributed by atoms with Crippen LogP contribution in [0.25, 0.3) is 0 Å². The molecule has 0 bridgehead atoms. The van der Waals surface area contributed by atoms with Crippen molar-refractivity contribution in [2.24, 2.45) is 23.2 Å². The van der Waals surface area contributed by atoms with Crippen LogP contribution >= 0.6 is 0 Å². The molecule has 0 spiro atoms. The highest BCUT2D eigenvalue weighted by Crippen LogP contribution is 2.56. The average molecular weight is 523 g/mol. The fourth-order valence-electron chi connectivity index (χ4n) is 8.19. The number of ether oxygens (including phenoxy) is 1. The molecule has 38 heavy (non-hydrogen) atoms. The fraction of sp³-hybridized carbons (Fsp3) is 0.531. The van der Waals surface area contributed by atoms with E-state index in [1.54, 1.807) is 0 Å². The summed E-state index contributed by atoms with van der Waals surface area (Å²) in [6.07, 6.45) is 5.62. The largest absolute Gasteiger partial charge is 0.462 e. The molecule has 0 aromatic heterocycles. The Morgan fingerprint density at radius 1 is 1.00 bits per heavy atom. The molecule has 0 radical (unpaired) electrons. The lowest BCUT2D eigenvalue weighted by molar-refractivity contribution is -1.02. The van der Waals surface area contributed by atoms with Gasteiger partial charge in [-0.15, -0.1) is 0 Å². The van der Waals surface area contributed by atoms with Crippen LogP contribution in [0.2, 0.25) is 0 Å². The normalized spacial score (nSPS) is 35.1. The number of nitrogens with one attached hydrogen (secondary N) is 2. The molecule has 2 aliphatic heterocycles. The van der Waals surface area contributed by atoms with Crippen LogP contribution in [0.1, 0.15) is 56.2 Å². The van der Waals surface area contributed by atoms with Crippen molar-refractivity contribution in [2.45, 2.75) is 51.2 Å². The minimum Gasteiger partial charge on any atom is -0.462 e. The molecule has 2 aromatic carbocycles. The molecule has 6 heteroatoms. The quantitative estimate of drug-likeness (QED) is 0.468. The number of quaternary nitrogens is 2. The topological polar surface area (TPSA) is 35.2 Å². The molecule has 6 rings (SSSR count). The molecule has 2 aliphatic carbocycles. The smallest absolute Gasteiger partial charge is 0.315 e. The van der Waals surface area contributed by atoms with Crippen LogP contribution in [0.4, 0.5) is 8.78 Å². The first-order valence-electron chi connectivity index (χ1n) is 14.4. The van der Waals surface area contributed by atoms with E-state index in [0.29, 0.717) is 11.8 Å². The van der Waals surface area contributed by atoms with Gasteiger partial charge in [0, 0.05) is 17.0 Å². The third-order valence-electron chi connectivity index (χ3n) is 10.2. The van der Waals surface area contributed by atoms with Gasteiger partial charge in [-0.2, -0.15) is 0 Å². The van der Waals surface area contributed by atoms with Crippen LogP contribution in [-0.2, 0) is 9.53 Å². The Labute approximate surface area is 224 Å². The molecule has 4 unspecified atom stereocenters. The van der Waals surface area contributed by atoms with Gasteiger partial charge in [0.1, 0.15) is 55.9 Å². The molecule has 2 saturated heterocycles. The minimum absolute atomic E-state index is 0.00522. The van der Waals surface area contributed by atoms with Gasteiger partial charge in [-0.25, -0.2) is 8.78 Å². The molecule has 4 fully saturated rings. The summed E-state index contributed by atoms with van der Waals surface area (Å²) in [7, 11) is 0. The summed E-state index contributed by atoms with van der Waals surface area (Å²) < 4.78 is 33.4. The van der Waals surface area contributed by atoms with E-state index in [1.165, 1.54) is 52.5 Å². The second-order valence-corrected chi connectivity index (χ2v) is 12.6. The Hall–Kier alpha value is -2.57. The maximum Gasteiger partial charge on any atom is 0.315 e. The standard InChI is InChI=1S/C32H38F2N2O2/c1-21-4-3-13-32(2)19-29-26(18-28(21)32)27(31(37)38-29)20-35-14-16-36(17-15-35)30(22-5-9-24(33)10-6-22)23-7-11-25(34)12-8-23/h5-12,26-30H,1,3-4,13-20H2,2H3/p+2/t26?,27?,28?,29?,32-/m0/s1. The fourth-order valence-corrected chi connectivity index (χ4v) is 8.19. The van der Waals surface area contributed by atoms with E-state index in [0.717, 1.165) is 63.1 Å². The Kier molecular flexibility index (Phi) is 6.89. The molecule has 5 atom stereocenters. The molecular formula is C32H40F2N2O2+2. The first kappa shape index (κ1) is 25.7. The lowest BCUT2D eigenvalue weighted by Gasteiger charge is -2.50. The van der Waals surface area contributed by atoms with Crippen LogP contribution < -0.4 is 9.80 Å². The van der Waals surface area contributed by atoms with Crippen molar-refractivity contribution >= 4 is 5.97 Å². The van der Waals surface area contributed by atoms with Crippen molar-refractivity contribution < 1.29 is 28.1 Å². The van der Waals surface area contributed by atoms with E-state index in [4.69, 9.17) is 4.74 Å². The van der Waals surface area contributed by atoms with Crippen molar-refractivity contribution in [3.8, 4) is 0 Å². The van der Waals surface area contributed by atoms with Crippen molar-refractivity contribution in [3.63, 3.8) is 0 Å². The van der Waals surface area contributed by atoms with Gasteiger partial charge in [0.2, 0.25) is 0 Å². The number of piperazine rings is 1. The predicted molar refractivity (Wildman–Crippen MR) is 142 cm³/mol. The van der Waals surface area contributed by atoms with Crippen LogP contribution in [0.5, 0.6) is 0 Å². The van der Waals surface area contributed by atoms with E-state index >= 15 is 0 Å². The molecule has 0 amide bonds. The summed E-state index contributed by atoms with van der Waals surface area (Å²) in [5.41, 5.74) is 3.68. The molecule has 2 aromatic rings. The number of benzene rings is 2.